The number of aryl methyl sites for hydroxylation is 1. The van der Waals surface area contributed by atoms with Gasteiger partial charge in [-0.3, -0.25) is 0 Å². The highest BCUT2D eigenvalue weighted by molar-refractivity contribution is 7.99. The van der Waals surface area contributed by atoms with Crippen molar-refractivity contribution in [1.29, 1.82) is 0 Å². The minimum absolute atomic E-state index is 0.431. The van der Waals surface area contributed by atoms with Gasteiger partial charge in [0.1, 0.15) is 6.61 Å². The van der Waals surface area contributed by atoms with Crippen LogP contribution in [-0.4, -0.2) is 39.6 Å². The maximum Gasteiger partial charge on any atom is 0.214 e. The van der Waals surface area contributed by atoms with Crippen LogP contribution in [0.5, 0.6) is 11.5 Å². The third kappa shape index (κ3) is 6.97. The van der Waals surface area contributed by atoms with Crippen LogP contribution in [0.25, 0.3) is 5.69 Å². The standard InChI is InChI=1S/C26H28ClN5O2S/c1-19-8-6-9-20(14-19)18-34-25-23(27)15-21(16-24(25)33-2)17-28-12-7-13-35-26-29-30-31-32(26)22-10-4-3-5-11-22/h3-6,8-11,14-16,28H,7,12-13,17-18H2,1-2H3. The Balaban J connectivity index is 1.24. The summed E-state index contributed by atoms with van der Waals surface area (Å²) in [5, 5.41) is 16.8. The van der Waals surface area contributed by atoms with Gasteiger partial charge in [-0.25, -0.2) is 0 Å². The Bertz CT molecular complexity index is 1240. The predicted octanol–water partition coefficient (Wildman–Crippen LogP) is 5.48. The van der Waals surface area contributed by atoms with E-state index in [9.17, 15) is 0 Å². The van der Waals surface area contributed by atoms with Gasteiger partial charge in [-0.1, -0.05) is 71.4 Å². The molecule has 0 aliphatic heterocycles. The van der Waals surface area contributed by atoms with E-state index >= 15 is 0 Å². The number of benzene rings is 3. The summed E-state index contributed by atoms with van der Waals surface area (Å²) < 4.78 is 13.3. The van der Waals surface area contributed by atoms with Crippen LogP contribution < -0.4 is 14.8 Å². The highest BCUT2D eigenvalue weighted by Crippen LogP contribution is 2.37. The molecule has 1 heterocycles. The van der Waals surface area contributed by atoms with Gasteiger partial charge in [0.05, 0.1) is 17.8 Å². The summed E-state index contributed by atoms with van der Waals surface area (Å²) in [5.41, 5.74) is 4.27. The first kappa shape index (κ1) is 25.0. The lowest BCUT2D eigenvalue weighted by molar-refractivity contribution is 0.284. The van der Waals surface area contributed by atoms with Gasteiger partial charge in [0, 0.05) is 12.3 Å². The Morgan fingerprint density at radius 1 is 1.03 bits per heavy atom. The number of thioether (sulfide) groups is 1. The maximum absolute atomic E-state index is 6.54. The molecule has 0 radical (unpaired) electrons. The molecular weight excluding hydrogens is 482 g/mol. The van der Waals surface area contributed by atoms with Crippen molar-refractivity contribution in [1.82, 2.24) is 25.5 Å². The number of methoxy groups -OCH3 is 1. The van der Waals surface area contributed by atoms with Crippen molar-refractivity contribution in [2.45, 2.75) is 31.7 Å². The number of aromatic nitrogens is 4. The highest BCUT2D eigenvalue weighted by atomic mass is 35.5. The summed E-state index contributed by atoms with van der Waals surface area (Å²) >= 11 is 8.18. The van der Waals surface area contributed by atoms with Crippen LogP contribution >= 0.6 is 23.4 Å². The summed E-state index contributed by atoms with van der Waals surface area (Å²) in [6, 6.07) is 22.0. The lowest BCUT2D eigenvalue weighted by Crippen LogP contribution is -2.15. The van der Waals surface area contributed by atoms with Crippen LogP contribution in [0, 0.1) is 6.92 Å². The van der Waals surface area contributed by atoms with Crippen LogP contribution in [0.4, 0.5) is 0 Å². The van der Waals surface area contributed by atoms with Crippen molar-refractivity contribution in [3.8, 4) is 17.2 Å². The molecule has 35 heavy (non-hydrogen) atoms. The van der Waals surface area contributed by atoms with E-state index in [0.717, 1.165) is 40.7 Å². The van der Waals surface area contributed by atoms with Gasteiger partial charge in [-0.05, 0) is 65.7 Å². The van der Waals surface area contributed by atoms with E-state index in [1.807, 2.05) is 54.6 Å². The van der Waals surface area contributed by atoms with Gasteiger partial charge in [0.2, 0.25) is 5.16 Å². The lowest BCUT2D eigenvalue weighted by atomic mass is 10.1. The zero-order valence-electron chi connectivity index (χ0n) is 19.8. The predicted molar refractivity (Wildman–Crippen MR) is 140 cm³/mol. The number of hydrogen-bond donors (Lipinski definition) is 1. The minimum atomic E-state index is 0.431. The van der Waals surface area contributed by atoms with Crippen LogP contribution in [0.15, 0.2) is 71.9 Å². The quantitative estimate of drug-likeness (QED) is 0.200. The molecule has 0 aliphatic rings. The van der Waals surface area contributed by atoms with Crippen molar-refractivity contribution in [2.75, 3.05) is 19.4 Å². The second-order valence-corrected chi connectivity index (χ2v) is 9.44. The topological polar surface area (TPSA) is 74.1 Å². The van der Waals surface area contributed by atoms with Gasteiger partial charge in [-0.15, -0.1) is 5.10 Å². The van der Waals surface area contributed by atoms with E-state index in [2.05, 4.69) is 39.9 Å². The summed E-state index contributed by atoms with van der Waals surface area (Å²) in [4.78, 5) is 0. The molecule has 0 atom stereocenters. The number of hydrogen-bond acceptors (Lipinski definition) is 7. The van der Waals surface area contributed by atoms with Crippen molar-refractivity contribution in [3.05, 3.63) is 88.4 Å². The van der Waals surface area contributed by atoms with Crippen molar-refractivity contribution in [2.24, 2.45) is 0 Å². The van der Waals surface area contributed by atoms with Crippen LogP contribution in [0.1, 0.15) is 23.1 Å². The number of para-hydroxylation sites is 1. The Hall–Kier alpha value is -3.07. The van der Waals surface area contributed by atoms with Crippen LogP contribution in [0.2, 0.25) is 5.02 Å². The maximum atomic E-state index is 6.54. The molecule has 1 aromatic heterocycles. The molecule has 9 heteroatoms. The van der Waals surface area contributed by atoms with Crippen LogP contribution in [-0.2, 0) is 13.2 Å². The summed E-state index contributed by atoms with van der Waals surface area (Å²) in [6.07, 6.45) is 0.967. The zero-order valence-corrected chi connectivity index (χ0v) is 21.4. The first-order chi connectivity index (χ1) is 17.1. The normalized spacial score (nSPS) is 10.9. The monoisotopic (exact) mass is 509 g/mol. The molecule has 182 valence electrons. The average molecular weight is 510 g/mol. The Kier molecular flexibility index (Phi) is 9.00. The molecule has 7 nitrogen and oxygen atoms in total. The number of halogens is 1. The number of tetrazole rings is 1. The molecule has 0 fully saturated rings. The molecule has 0 unspecified atom stereocenters. The number of nitrogens with one attached hydrogen (secondary N) is 1. The third-order valence-corrected chi connectivity index (χ3v) is 6.54. The third-order valence-electron chi connectivity index (χ3n) is 5.25. The van der Waals surface area contributed by atoms with Crippen molar-refractivity contribution in [3.63, 3.8) is 0 Å². The van der Waals surface area contributed by atoms with Gasteiger partial charge in [-0.2, -0.15) is 4.68 Å². The minimum Gasteiger partial charge on any atom is -0.493 e. The fraction of sp³-hybridized carbons (Fsp3) is 0.269. The second-order valence-electron chi connectivity index (χ2n) is 7.97. The van der Waals surface area contributed by atoms with Gasteiger partial charge >= 0.3 is 0 Å². The Labute approximate surface area is 214 Å². The average Bonchev–Trinajstić information content (AvgIpc) is 3.34. The molecule has 0 amide bonds. The zero-order chi connectivity index (χ0) is 24.5. The fourth-order valence-corrected chi connectivity index (χ4v) is 4.68. The summed E-state index contributed by atoms with van der Waals surface area (Å²) in [6.45, 7) is 4.03. The molecule has 4 aromatic rings. The lowest BCUT2D eigenvalue weighted by Gasteiger charge is -2.15. The van der Waals surface area contributed by atoms with E-state index in [4.69, 9.17) is 21.1 Å². The number of rotatable bonds is 12. The Morgan fingerprint density at radius 3 is 2.69 bits per heavy atom. The number of nitrogens with zero attached hydrogens (tertiary/aromatic N) is 4. The summed E-state index contributed by atoms with van der Waals surface area (Å²) in [5.74, 6) is 2.09. The highest BCUT2D eigenvalue weighted by Gasteiger charge is 2.13. The summed E-state index contributed by atoms with van der Waals surface area (Å²) in [7, 11) is 1.63. The van der Waals surface area contributed by atoms with E-state index in [-0.39, 0.29) is 0 Å². The van der Waals surface area contributed by atoms with E-state index < -0.39 is 0 Å². The molecule has 4 rings (SSSR count). The molecule has 0 saturated heterocycles. The van der Waals surface area contributed by atoms with Crippen molar-refractivity contribution >= 4 is 23.4 Å². The molecule has 0 bridgehead atoms. The first-order valence-corrected chi connectivity index (χ1v) is 12.7. The SMILES string of the molecule is COc1cc(CNCCCSc2nnnn2-c2ccccc2)cc(Cl)c1OCc1cccc(C)c1. The van der Waals surface area contributed by atoms with Crippen molar-refractivity contribution < 1.29 is 9.47 Å². The molecule has 0 spiro atoms. The molecule has 3 aromatic carbocycles. The molecular formula is C26H28ClN5O2S. The van der Waals surface area contributed by atoms with Gasteiger partial charge in [0.15, 0.2) is 11.5 Å². The Morgan fingerprint density at radius 2 is 1.89 bits per heavy atom. The van der Waals surface area contributed by atoms with Gasteiger partial charge < -0.3 is 14.8 Å². The molecule has 1 N–H and O–H groups in total. The number of ether oxygens (including phenoxy) is 2. The largest absolute Gasteiger partial charge is 0.493 e. The fourth-order valence-electron chi connectivity index (χ4n) is 3.57. The van der Waals surface area contributed by atoms with Crippen LogP contribution in [0.3, 0.4) is 0 Å². The molecule has 0 aliphatic carbocycles. The smallest absolute Gasteiger partial charge is 0.214 e. The van der Waals surface area contributed by atoms with Gasteiger partial charge in [0.25, 0.3) is 0 Å². The first-order valence-electron chi connectivity index (χ1n) is 11.4. The van der Waals surface area contributed by atoms with E-state index in [1.54, 1.807) is 23.6 Å². The van der Waals surface area contributed by atoms with E-state index in [1.165, 1.54) is 5.56 Å². The van der Waals surface area contributed by atoms with E-state index in [0.29, 0.717) is 29.7 Å². The second kappa shape index (κ2) is 12.6. The molecule has 0 saturated carbocycles.